The number of H-pyrrole nitrogens is 1. The number of carbonyl (C=O) groups excluding carboxylic acids is 2. The lowest BCUT2D eigenvalue weighted by Crippen LogP contribution is -2.65. The molecule has 35 heavy (non-hydrogen) atoms. The number of aryl methyl sites for hydroxylation is 2. The molecular weight excluding hydrogens is 438 g/mol. The molecule has 7 nitrogen and oxygen atoms in total. The highest BCUT2D eigenvalue weighted by Gasteiger charge is 2.49. The molecule has 188 valence electrons. The van der Waals surface area contributed by atoms with Gasteiger partial charge < -0.3 is 10.2 Å². The van der Waals surface area contributed by atoms with Gasteiger partial charge in [0.25, 0.3) is 5.91 Å². The molecular formula is C28H39N5O2. The third kappa shape index (κ3) is 5.01. The van der Waals surface area contributed by atoms with Crippen LogP contribution in [0.25, 0.3) is 0 Å². The number of carbonyl (C=O) groups is 2. The van der Waals surface area contributed by atoms with Crippen molar-refractivity contribution < 1.29 is 9.59 Å². The van der Waals surface area contributed by atoms with Crippen LogP contribution < -0.4 is 5.32 Å². The van der Waals surface area contributed by atoms with Crippen LogP contribution in [0.4, 0.5) is 0 Å². The van der Waals surface area contributed by atoms with E-state index in [1.165, 1.54) is 38.8 Å². The van der Waals surface area contributed by atoms with Crippen molar-refractivity contribution in [2.75, 3.05) is 19.6 Å². The molecule has 0 unspecified atom stereocenters. The van der Waals surface area contributed by atoms with E-state index in [0.717, 1.165) is 41.9 Å². The monoisotopic (exact) mass is 477 g/mol. The minimum atomic E-state index is 0.0718. The predicted molar refractivity (Wildman–Crippen MR) is 136 cm³/mol. The number of rotatable bonds is 7. The number of nitrogens with zero attached hydrogens (tertiary/aromatic N) is 3. The van der Waals surface area contributed by atoms with E-state index in [1.807, 2.05) is 44.2 Å². The van der Waals surface area contributed by atoms with Crippen LogP contribution in [0, 0.1) is 25.7 Å². The minimum Gasteiger partial charge on any atom is -0.352 e. The fourth-order valence-electron chi connectivity index (χ4n) is 6.93. The Morgan fingerprint density at radius 3 is 2.63 bits per heavy atom. The molecule has 3 aliphatic heterocycles. The second-order valence-corrected chi connectivity index (χ2v) is 10.7. The summed E-state index contributed by atoms with van der Waals surface area (Å²) in [6.07, 6.45) is 7.03. The van der Waals surface area contributed by atoms with Crippen LogP contribution in [-0.4, -0.2) is 63.5 Å². The van der Waals surface area contributed by atoms with Gasteiger partial charge in [0.05, 0.1) is 5.69 Å². The SMILES string of the molecule is Cc1n[nH]c(C)c1CNC(=O)CCC[C@@H]1[C@H]2CCCN3CCC[C@@H](CN1C(=O)c1ccccc1)[C@@H]23. The Hall–Kier alpha value is -2.67. The van der Waals surface area contributed by atoms with E-state index in [2.05, 4.69) is 25.3 Å². The highest BCUT2D eigenvalue weighted by atomic mass is 16.2. The first-order chi connectivity index (χ1) is 17.0. The van der Waals surface area contributed by atoms with Crippen molar-refractivity contribution >= 4 is 11.8 Å². The van der Waals surface area contributed by atoms with Gasteiger partial charge in [0.15, 0.2) is 0 Å². The maximum atomic E-state index is 13.7. The molecule has 0 spiro atoms. The zero-order valence-corrected chi connectivity index (χ0v) is 21.1. The molecule has 2 aromatic rings. The van der Waals surface area contributed by atoms with Crippen molar-refractivity contribution in [1.29, 1.82) is 0 Å². The van der Waals surface area contributed by atoms with Crippen molar-refractivity contribution in [2.24, 2.45) is 11.8 Å². The van der Waals surface area contributed by atoms with Gasteiger partial charge in [-0.2, -0.15) is 5.10 Å². The minimum absolute atomic E-state index is 0.0718. The number of benzene rings is 1. The molecule has 3 aliphatic rings. The van der Waals surface area contributed by atoms with Crippen LogP contribution in [0.2, 0.25) is 0 Å². The van der Waals surface area contributed by atoms with Crippen LogP contribution in [-0.2, 0) is 11.3 Å². The lowest BCUT2D eigenvalue weighted by molar-refractivity contribution is -0.121. The van der Waals surface area contributed by atoms with Gasteiger partial charge in [0, 0.05) is 48.4 Å². The molecule has 1 aromatic heterocycles. The van der Waals surface area contributed by atoms with Gasteiger partial charge in [-0.05, 0) is 89.4 Å². The molecule has 3 fully saturated rings. The first-order valence-corrected chi connectivity index (χ1v) is 13.4. The van der Waals surface area contributed by atoms with Gasteiger partial charge in [-0.15, -0.1) is 0 Å². The predicted octanol–water partition coefficient (Wildman–Crippen LogP) is 3.83. The summed E-state index contributed by atoms with van der Waals surface area (Å²) in [4.78, 5) is 31.2. The second-order valence-electron chi connectivity index (χ2n) is 10.7. The van der Waals surface area contributed by atoms with Gasteiger partial charge >= 0.3 is 0 Å². The number of hydrogen-bond acceptors (Lipinski definition) is 4. The van der Waals surface area contributed by atoms with Crippen molar-refractivity contribution in [3.05, 3.63) is 52.8 Å². The molecule has 2 N–H and O–H groups in total. The number of aromatic nitrogens is 2. The Morgan fingerprint density at radius 2 is 1.89 bits per heavy atom. The largest absolute Gasteiger partial charge is 0.352 e. The van der Waals surface area contributed by atoms with Crippen molar-refractivity contribution in [3.8, 4) is 0 Å². The Balaban J connectivity index is 1.26. The number of hydrogen-bond donors (Lipinski definition) is 2. The summed E-state index contributed by atoms with van der Waals surface area (Å²) < 4.78 is 0. The van der Waals surface area contributed by atoms with Gasteiger partial charge in [-0.3, -0.25) is 19.6 Å². The van der Waals surface area contributed by atoms with E-state index in [4.69, 9.17) is 0 Å². The number of piperidine rings is 3. The van der Waals surface area contributed by atoms with Gasteiger partial charge in [0.2, 0.25) is 5.91 Å². The van der Waals surface area contributed by atoms with Crippen LogP contribution in [0.1, 0.15) is 72.3 Å². The van der Waals surface area contributed by atoms with Gasteiger partial charge in [-0.1, -0.05) is 18.2 Å². The Labute approximate surface area is 208 Å². The summed E-state index contributed by atoms with van der Waals surface area (Å²) in [5.41, 5.74) is 3.78. The van der Waals surface area contributed by atoms with Crippen molar-refractivity contribution in [2.45, 2.75) is 77.4 Å². The van der Waals surface area contributed by atoms with Crippen LogP contribution >= 0.6 is 0 Å². The van der Waals surface area contributed by atoms with E-state index in [9.17, 15) is 9.59 Å². The molecule has 0 aliphatic carbocycles. The Morgan fingerprint density at radius 1 is 1.11 bits per heavy atom. The molecule has 1 aromatic carbocycles. The third-order valence-corrected chi connectivity index (χ3v) is 8.60. The van der Waals surface area contributed by atoms with Crippen LogP contribution in [0.5, 0.6) is 0 Å². The normalized spacial score (nSPS) is 26.3. The molecule has 4 heterocycles. The summed E-state index contributed by atoms with van der Waals surface area (Å²) >= 11 is 0. The number of amides is 2. The van der Waals surface area contributed by atoms with E-state index in [-0.39, 0.29) is 17.9 Å². The molecule has 5 rings (SSSR count). The Bertz CT molecular complexity index is 1010. The number of aromatic amines is 1. The first kappa shape index (κ1) is 24.0. The van der Waals surface area contributed by atoms with Crippen LogP contribution in [0.15, 0.2) is 30.3 Å². The molecule has 4 atom stereocenters. The van der Waals surface area contributed by atoms with E-state index in [1.54, 1.807) is 0 Å². The zero-order chi connectivity index (χ0) is 24.4. The summed E-state index contributed by atoms with van der Waals surface area (Å²) in [6.45, 7) is 7.70. The lowest BCUT2D eigenvalue weighted by Gasteiger charge is -2.57. The first-order valence-electron chi connectivity index (χ1n) is 13.4. The summed E-state index contributed by atoms with van der Waals surface area (Å²) in [6, 6.07) is 10.5. The second kappa shape index (κ2) is 10.5. The van der Waals surface area contributed by atoms with Gasteiger partial charge in [-0.25, -0.2) is 0 Å². The standard InChI is InChI=1S/C28H39N5O2/c1-19-24(20(2)31-30-19)17-29-26(34)14-6-13-25-23-12-8-16-32-15-7-11-22(27(23)32)18-33(25)28(35)21-9-4-3-5-10-21/h3-5,9-10,22-23,25,27H,6-8,11-18H2,1-2H3,(H,29,34)(H,30,31)/t22-,23+,25+,27-/m0/s1. The highest BCUT2D eigenvalue weighted by Crippen LogP contribution is 2.43. The molecule has 2 amide bonds. The lowest BCUT2D eigenvalue weighted by atomic mass is 9.69. The highest BCUT2D eigenvalue weighted by molar-refractivity contribution is 5.94. The van der Waals surface area contributed by atoms with Gasteiger partial charge in [0.1, 0.15) is 0 Å². The average Bonchev–Trinajstić information content (AvgIpc) is 3.21. The summed E-state index contributed by atoms with van der Waals surface area (Å²) in [5, 5.41) is 10.3. The maximum Gasteiger partial charge on any atom is 0.254 e. The fraction of sp³-hybridized carbons (Fsp3) is 0.607. The molecule has 0 saturated carbocycles. The third-order valence-electron chi connectivity index (χ3n) is 8.60. The van der Waals surface area contributed by atoms with E-state index in [0.29, 0.717) is 30.8 Å². The van der Waals surface area contributed by atoms with Crippen molar-refractivity contribution in [3.63, 3.8) is 0 Å². The summed E-state index contributed by atoms with van der Waals surface area (Å²) in [7, 11) is 0. The fourth-order valence-corrected chi connectivity index (χ4v) is 6.93. The maximum absolute atomic E-state index is 13.7. The topological polar surface area (TPSA) is 81.3 Å². The number of nitrogens with one attached hydrogen (secondary N) is 2. The molecule has 0 radical (unpaired) electrons. The zero-order valence-electron chi connectivity index (χ0n) is 21.1. The molecule has 0 bridgehead atoms. The van der Waals surface area contributed by atoms with E-state index >= 15 is 0 Å². The van der Waals surface area contributed by atoms with Crippen LogP contribution in [0.3, 0.4) is 0 Å². The average molecular weight is 478 g/mol. The summed E-state index contributed by atoms with van der Waals surface area (Å²) in [5.74, 6) is 1.31. The molecule has 7 heteroatoms. The Kier molecular flexibility index (Phi) is 7.23. The van der Waals surface area contributed by atoms with E-state index < -0.39 is 0 Å². The smallest absolute Gasteiger partial charge is 0.254 e. The number of likely N-dealkylation sites (tertiary alicyclic amines) is 1. The quantitative estimate of drug-likeness (QED) is 0.635. The molecule has 3 saturated heterocycles. The van der Waals surface area contributed by atoms with Crippen molar-refractivity contribution in [1.82, 2.24) is 25.3 Å².